The Morgan fingerprint density at radius 1 is 1.04 bits per heavy atom. The van der Waals surface area contributed by atoms with Gasteiger partial charge in [0.2, 0.25) is 5.88 Å². The van der Waals surface area contributed by atoms with Crippen LogP contribution in [0.15, 0.2) is 59.8 Å². The zero-order chi connectivity index (χ0) is 17.6. The van der Waals surface area contributed by atoms with Crippen molar-refractivity contribution in [3.05, 3.63) is 77.2 Å². The smallest absolute Gasteiger partial charge is 0.223 e. The summed E-state index contributed by atoms with van der Waals surface area (Å²) in [5.74, 6) is 1.53. The summed E-state index contributed by atoms with van der Waals surface area (Å²) in [6, 6.07) is 16.1. The molecule has 1 aromatic heterocycles. The second kappa shape index (κ2) is 8.12. The van der Waals surface area contributed by atoms with Crippen LogP contribution in [-0.2, 0) is 12.2 Å². The van der Waals surface area contributed by atoms with Gasteiger partial charge < -0.3 is 4.74 Å². The Kier molecular flexibility index (Phi) is 5.66. The van der Waals surface area contributed by atoms with Crippen LogP contribution in [0.3, 0.4) is 0 Å². The Bertz CT molecular complexity index is 853. The highest BCUT2D eigenvalue weighted by Gasteiger charge is 2.07. The Balaban J connectivity index is 1.76. The summed E-state index contributed by atoms with van der Waals surface area (Å²) in [6.45, 7) is 4.12. The number of ether oxygens (including phenoxy) is 1. The monoisotopic (exact) mass is 354 g/mol. The Labute approximate surface area is 151 Å². The predicted molar refractivity (Wildman–Crippen MR) is 98.6 cm³/mol. The molecule has 0 aliphatic heterocycles. The molecule has 25 heavy (non-hydrogen) atoms. The molecule has 0 N–H and O–H groups in total. The standard InChI is InChI=1S/C20H19FN2OS/c1-3-17-12-19(24-18-9-7-16(21)8-10-18)23-20(22-17)25-13-15-6-4-5-14(2)11-15/h4-12H,3,13H2,1-2H3. The average Bonchev–Trinajstić information content (AvgIpc) is 2.62. The molecule has 3 aromatic rings. The molecule has 128 valence electrons. The first-order valence-corrected chi connectivity index (χ1v) is 9.10. The van der Waals surface area contributed by atoms with Crippen LogP contribution in [0, 0.1) is 12.7 Å². The maximum absolute atomic E-state index is 13.0. The maximum atomic E-state index is 13.0. The van der Waals surface area contributed by atoms with Crippen molar-refractivity contribution >= 4 is 11.8 Å². The fraction of sp³-hybridized carbons (Fsp3) is 0.200. The largest absolute Gasteiger partial charge is 0.439 e. The number of hydrogen-bond acceptors (Lipinski definition) is 4. The molecule has 2 aromatic carbocycles. The third-order valence-corrected chi connectivity index (χ3v) is 4.50. The lowest BCUT2D eigenvalue weighted by molar-refractivity contribution is 0.452. The SMILES string of the molecule is CCc1cc(Oc2ccc(F)cc2)nc(SCc2cccc(C)c2)n1. The minimum atomic E-state index is -0.293. The highest BCUT2D eigenvalue weighted by atomic mass is 32.2. The van der Waals surface area contributed by atoms with E-state index < -0.39 is 0 Å². The second-order valence-corrected chi connectivity index (χ2v) is 6.61. The lowest BCUT2D eigenvalue weighted by Crippen LogP contribution is -1.97. The van der Waals surface area contributed by atoms with Gasteiger partial charge >= 0.3 is 0 Å². The van der Waals surface area contributed by atoms with Gasteiger partial charge in [-0.3, -0.25) is 0 Å². The van der Waals surface area contributed by atoms with Gasteiger partial charge in [0.05, 0.1) is 0 Å². The third-order valence-electron chi connectivity index (χ3n) is 3.58. The highest BCUT2D eigenvalue weighted by Crippen LogP contribution is 2.25. The number of benzene rings is 2. The van der Waals surface area contributed by atoms with Gasteiger partial charge in [0.15, 0.2) is 5.16 Å². The summed E-state index contributed by atoms with van der Waals surface area (Å²) in [4.78, 5) is 9.03. The van der Waals surface area contributed by atoms with E-state index in [1.807, 2.05) is 13.0 Å². The van der Waals surface area contributed by atoms with E-state index >= 15 is 0 Å². The predicted octanol–water partition coefficient (Wildman–Crippen LogP) is 5.57. The van der Waals surface area contributed by atoms with Crippen LogP contribution in [0.5, 0.6) is 11.6 Å². The molecule has 0 atom stereocenters. The number of aromatic nitrogens is 2. The molecule has 0 saturated carbocycles. The van der Waals surface area contributed by atoms with Crippen molar-refractivity contribution in [2.45, 2.75) is 31.2 Å². The van der Waals surface area contributed by atoms with Gasteiger partial charge in [-0.25, -0.2) is 9.37 Å². The summed E-state index contributed by atoms with van der Waals surface area (Å²) in [5.41, 5.74) is 3.39. The molecule has 0 fully saturated rings. The van der Waals surface area contributed by atoms with E-state index in [1.54, 1.807) is 23.9 Å². The molecule has 0 amide bonds. The first-order valence-electron chi connectivity index (χ1n) is 8.12. The summed E-state index contributed by atoms with van der Waals surface area (Å²) in [5, 5.41) is 0.679. The van der Waals surface area contributed by atoms with Crippen molar-refractivity contribution in [3.8, 4) is 11.6 Å². The normalized spacial score (nSPS) is 10.7. The minimum absolute atomic E-state index is 0.293. The molecular formula is C20H19FN2OS. The summed E-state index contributed by atoms with van der Waals surface area (Å²) in [6.07, 6.45) is 0.792. The Morgan fingerprint density at radius 2 is 1.84 bits per heavy atom. The number of halogens is 1. The fourth-order valence-electron chi connectivity index (χ4n) is 2.32. The lowest BCUT2D eigenvalue weighted by Gasteiger charge is -2.09. The van der Waals surface area contributed by atoms with E-state index in [2.05, 4.69) is 41.2 Å². The lowest BCUT2D eigenvalue weighted by atomic mass is 10.2. The van der Waals surface area contributed by atoms with Crippen molar-refractivity contribution in [2.24, 2.45) is 0 Å². The van der Waals surface area contributed by atoms with E-state index in [0.717, 1.165) is 17.9 Å². The topological polar surface area (TPSA) is 35.0 Å². The number of thioether (sulfide) groups is 1. The van der Waals surface area contributed by atoms with Gasteiger partial charge in [0.1, 0.15) is 11.6 Å². The molecule has 0 saturated heterocycles. The molecule has 3 rings (SSSR count). The van der Waals surface area contributed by atoms with Crippen LogP contribution in [0.4, 0.5) is 4.39 Å². The maximum Gasteiger partial charge on any atom is 0.223 e. The first-order chi connectivity index (χ1) is 12.1. The van der Waals surface area contributed by atoms with Gasteiger partial charge in [-0.05, 0) is 43.2 Å². The van der Waals surface area contributed by atoms with E-state index in [1.165, 1.54) is 23.3 Å². The molecule has 0 bridgehead atoms. The van der Waals surface area contributed by atoms with Crippen LogP contribution in [-0.4, -0.2) is 9.97 Å². The van der Waals surface area contributed by atoms with Crippen LogP contribution in [0.1, 0.15) is 23.7 Å². The molecule has 3 nitrogen and oxygen atoms in total. The molecule has 1 heterocycles. The summed E-state index contributed by atoms with van der Waals surface area (Å²) in [7, 11) is 0. The minimum Gasteiger partial charge on any atom is -0.439 e. The molecule has 0 aliphatic rings. The molecule has 5 heteroatoms. The van der Waals surface area contributed by atoms with E-state index in [9.17, 15) is 4.39 Å². The van der Waals surface area contributed by atoms with E-state index in [0.29, 0.717) is 16.8 Å². The van der Waals surface area contributed by atoms with Gasteiger partial charge in [0.25, 0.3) is 0 Å². The van der Waals surface area contributed by atoms with E-state index in [4.69, 9.17) is 4.74 Å². The van der Waals surface area contributed by atoms with Gasteiger partial charge in [-0.1, -0.05) is 48.5 Å². The third kappa shape index (κ3) is 5.03. The van der Waals surface area contributed by atoms with Crippen LogP contribution in [0.25, 0.3) is 0 Å². The Hall–Kier alpha value is -2.40. The molecule has 0 aliphatic carbocycles. The number of hydrogen-bond donors (Lipinski definition) is 0. The molecular weight excluding hydrogens is 335 g/mol. The highest BCUT2D eigenvalue weighted by molar-refractivity contribution is 7.98. The van der Waals surface area contributed by atoms with Crippen molar-refractivity contribution in [1.29, 1.82) is 0 Å². The number of rotatable bonds is 6. The number of aryl methyl sites for hydroxylation is 2. The van der Waals surface area contributed by atoms with Crippen molar-refractivity contribution < 1.29 is 9.13 Å². The van der Waals surface area contributed by atoms with Gasteiger partial charge in [0, 0.05) is 17.5 Å². The van der Waals surface area contributed by atoms with Crippen LogP contribution >= 0.6 is 11.8 Å². The number of nitrogens with zero attached hydrogens (tertiary/aromatic N) is 2. The zero-order valence-electron chi connectivity index (χ0n) is 14.2. The molecule has 0 radical (unpaired) electrons. The van der Waals surface area contributed by atoms with Crippen molar-refractivity contribution in [1.82, 2.24) is 9.97 Å². The zero-order valence-corrected chi connectivity index (χ0v) is 15.0. The Morgan fingerprint density at radius 3 is 2.56 bits per heavy atom. The van der Waals surface area contributed by atoms with E-state index in [-0.39, 0.29) is 5.82 Å². The summed E-state index contributed by atoms with van der Waals surface area (Å²) >= 11 is 1.58. The van der Waals surface area contributed by atoms with Crippen LogP contribution < -0.4 is 4.74 Å². The quantitative estimate of drug-likeness (QED) is 0.428. The van der Waals surface area contributed by atoms with Gasteiger partial charge in [-0.15, -0.1) is 0 Å². The first kappa shape index (κ1) is 17.4. The molecule has 0 spiro atoms. The van der Waals surface area contributed by atoms with Gasteiger partial charge in [-0.2, -0.15) is 4.98 Å². The van der Waals surface area contributed by atoms with Crippen molar-refractivity contribution in [3.63, 3.8) is 0 Å². The van der Waals surface area contributed by atoms with Crippen molar-refractivity contribution in [2.75, 3.05) is 0 Å². The van der Waals surface area contributed by atoms with Crippen LogP contribution in [0.2, 0.25) is 0 Å². The molecule has 0 unspecified atom stereocenters. The fourth-order valence-corrected chi connectivity index (χ4v) is 3.13. The summed E-state index contributed by atoms with van der Waals surface area (Å²) < 4.78 is 18.8. The second-order valence-electron chi connectivity index (χ2n) is 5.67. The average molecular weight is 354 g/mol.